The van der Waals surface area contributed by atoms with Gasteiger partial charge in [0.2, 0.25) is 80.2 Å². The van der Waals surface area contributed by atoms with Crippen LogP contribution in [-0.4, -0.2) is 228 Å². The number of unbranched alkanes of at least 4 members (excludes halogenated alkanes) is 30. The average molecular weight is 2030 g/mol. The summed E-state index contributed by atoms with van der Waals surface area (Å²) in [6.07, 6.45) is -12.0. The van der Waals surface area contributed by atoms with Crippen LogP contribution < -0.4 is 0 Å². The molecule has 0 bridgehead atoms. The van der Waals surface area contributed by atoms with Gasteiger partial charge in [-0.3, -0.25) is 4.89 Å². The second-order valence-electron chi connectivity index (χ2n) is 30.3. The molecule has 57 heteroatoms. The van der Waals surface area contributed by atoms with Gasteiger partial charge in [-0.1, -0.05) is 262 Å². The maximum atomic E-state index is 20.5. The first-order chi connectivity index (χ1) is 56.8. The van der Waals surface area contributed by atoms with Crippen molar-refractivity contribution in [1.29, 1.82) is 0 Å². The summed E-state index contributed by atoms with van der Waals surface area (Å²) in [6, 6.07) is 0. The Morgan fingerprint density at radius 1 is 0.244 bits per heavy atom. The summed E-state index contributed by atoms with van der Waals surface area (Å²) < 4.78 is 491. The molecule has 0 saturated carbocycles. The van der Waals surface area contributed by atoms with Crippen molar-refractivity contribution in [3.63, 3.8) is 0 Å². The van der Waals surface area contributed by atoms with Gasteiger partial charge in [-0.2, -0.15) is 16.8 Å². The third kappa shape index (κ3) is 31.3. The Morgan fingerprint density at radius 2 is 0.382 bits per heavy atom. The van der Waals surface area contributed by atoms with Crippen LogP contribution in [0.25, 0.3) is 0 Å². The first-order valence-corrected chi connectivity index (χ1v) is 59.5. The zero-order chi connectivity index (χ0) is 95.3. The van der Waals surface area contributed by atoms with Crippen LogP contribution in [0.5, 0.6) is 0 Å². The van der Waals surface area contributed by atoms with Crippen molar-refractivity contribution in [2.75, 3.05) is 71.6 Å². The minimum Gasteiger partial charge on any atom is -0.299 e. The van der Waals surface area contributed by atoms with Gasteiger partial charge in [-0.25, -0.2) is 71.9 Å². The second kappa shape index (κ2) is 54.0. The number of rotatable bonds is 78. The van der Waals surface area contributed by atoms with Gasteiger partial charge in [0.05, 0.1) is 55.1 Å². The maximum Gasteiger partial charge on any atom is 0.527 e. The van der Waals surface area contributed by atoms with E-state index in [0.717, 1.165) is 34.6 Å². The number of quaternary nitrogens is 2. The maximum absolute atomic E-state index is 20.5. The van der Waals surface area contributed by atoms with Gasteiger partial charge in [-0.05, 0) is 64.2 Å². The number of hydrogen-bond donors (Lipinski definition) is 1. The second-order valence-corrected chi connectivity index (χ2v) is 51.2. The number of sulfonamides is 10. The van der Waals surface area contributed by atoms with Gasteiger partial charge in [0.25, 0.3) is 0 Å². The molecule has 0 amide bonds. The van der Waals surface area contributed by atoms with Crippen LogP contribution in [0.15, 0.2) is 0 Å². The molecular weight excluding hydrogens is 1890 g/mol. The first kappa shape index (κ1) is 121. The van der Waals surface area contributed by atoms with Crippen LogP contribution in [0.1, 0.15) is 326 Å². The predicted molar refractivity (Wildman–Crippen MR) is 443 cm³/mol. The van der Waals surface area contributed by atoms with Crippen molar-refractivity contribution < 1.29 is 166 Å². The molecular formula is C66H137F10N10O26PS10+2. The van der Waals surface area contributed by atoms with E-state index in [1.165, 1.54) is 0 Å². The van der Waals surface area contributed by atoms with Crippen molar-refractivity contribution >= 4 is 108 Å². The highest BCUT2D eigenvalue weighted by Gasteiger charge is 2.94. The Bertz CT molecular complexity index is 4160. The van der Waals surface area contributed by atoms with Crippen molar-refractivity contribution in [1.82, 2.24) is 36.2 Å². The van der Waals surface area contributed by atoms with E-state index in [0.29, 0.717) is 64.2 Å². The Kier molecular flexibility index (Phi) is 53.3. The molecule has 0 aromatic heterocycles. The monoisotopic (exact) mass is 2030 g/mol. The van der Waals surface area contributed by atoms with Gasteiger partial charge in [0, 0.05) is 44.3 Å². The number of phosphoric acid groups is 1. The van der Waals surface area contributed by atoms with Gasteiger partial charge in [0.15, 0.2) is 0 Å². The van der Waals surface area contributed by atoms with E-state index >= 15 is 99.9 Å². The Morgan fingerprint density at radius 3 is 0.569 bits per heavy atom. The topological polar surface area (TPSA) is 442 Å². The molecule has 0 heterocycles. The molecule has 123 heavy (non-hydrogen) atoms. The molecule has 5 unspecified atom stereocenters. The molecule has 0 aliphatic carbocycles. The third-order valence-electron chi connectivity index (χ3n) is 20.0. The van der Waals surface area contributed by atoms with Gasteiger partial charge in [0.1, 0.15) is 25.6 Å². The molecule has 0 aromatic carbocycles. The molecule has 0 aliphatic heterocycles. The number of nitrogens with zero attached hydrogens (tertiary/aromatic N) is 10. The van der Waals surface area contributed by atoms with Crippen LogP contribution in [0.3, 0.4) is 0 Å². The molecule has 0 fully saturated rings. The summed E-state index contributed by atoms with van der Waals surface area (Å²) in [5.41, 5.74) is 0. The van der Waals surface area contributed by atoms with E-state index in [9.17, 15) is 38.6 Å². The third-order valence-corrected chi connectivity index (χ3v) is 37.0. The van der Waals surface area contributed by atoms with Crippen molar-refractivity contribution in [2.24, 2.45) is 0 Å². The summed E-state index contributed by atoms with van der Waals surface area (Å²) in [4.78, 5) is 21.5. The summed E-state index contributed by atoms with van der Waals surface area (Å²) in [5, 5.41) is 0. The van der Waals surface area contributed by atoms with Crippen molar-refractivity contribution in [3.05, 3.63) is 0 Å². The largest absolute Gasteiger partial charge is 0.527 e. The first-order valence-electron chi connectivity index (χ1n) is 41.9. The van der Waals surface area contributed by atoms with Crippen LogP contribution in [0, 0.1) is 0 Å². The summed E-state index contributed by atoms with van der Waals surface area (Å²) in [7, 11) is -83.2. The fourth-order valence-electron chi connectivity index (χ4n) is 12.5. The lowest BCUT2D eigenvalue weighted by Gasteiger charge is -2.52. The predicted octanol–water partition coefficient (Wildman–Crippen LogP) is 14.9. The summed E-state index contributed by atoms with van der Waals surface area (Å²) in [5.74, 6) is -51.0. The summed E-state index contributed by atoms with van der Waals surface area (Å²) >= 11 is 0. The zero-order valence-electron chi connectivity index (χ0n) is 72.8. The minimum atomic E-state index is -8.85. The van der Waals surface area contributed by atoms with E-state index in [-0.39, 0.29) is 64.2 Å². The molecule has 0 saturated heterocycles. The molecule has 0 rings (SSSR count). The van der Waals surface area contributed by atoms with E-state index in [1.807, 2.05) is 0 Å². The Hall–Kier alpha value is -1.57. The standard InChI is InChI=1S/C66H136F10N10O26PS10/c1-13-23-33-38-43-48-57-117(95,96)80(70)64(81(71)118(97,98)58-49-44-39-34-24-14-2,82(72)119(99,100)59-50-45-40-35-25-15-3)66(84(74)121(103,104)60-51-46-41-36-26-16-4,86(12,76)123(107,108)62-52-47-42-37-27-17-5)110-112-113(87,88)111-109-65(83(73)120(101,102)56-31-21-9,85(11,75)122(105,106)61-32-22-10)63(77(67)114(89,90)53-28-18-6,78(68)115(91,92)54-29-19-7)79(69)116(93,94)55-30-20-8/h13-62H2,1-12H3/q+1/p+1. The lowest BCUT2D eigenvalue weighted by atomic mass is 10.1. The molecule has 0 aromatic rings. The fourth-order valence-corrected chi connectivity index (χ4v) is 27.9. The lowest BCUT2D eigenvalue weighted by molar-refractivity contribution is -1.04. The van der Waals surface area contributed by atoms with Crippen LogP contribution in [-0.2, 0) is 124 Å². The number of halogens is 10. The van der Waals surface area contributed by atoms with Crippen LogP contribution >= 0.6 is 7.82 Å². The van der Waals surface area contributed by atoms with Gasteiger partial charge >= 0.3 is 51.1 Å². The Balaban J connectivity index is 12.3. The van der Waals surface area contributed by atoms with Gasteiger partial charge in [-0.15, -0.1) is 55.0 Å². The highest BCUT2D eigenvalue weighted by Crippen LogP contribution is 2.60. The van der Waals surface area contributed by atoms with Crippen molar-refractivity contribution in [3.8, 4) is 0 Å². The molecule has 740 valence electrons. The number of likely N-dealkylation sites (N-methyl/N-ethyl adjacent to an activating group) is 2. The van der Waals surface area contributed by atoms with Gasteiger partial charge < -0.3 is 0 Å². The van der Waals surface area contributed by atoms with E-state index < -0.39 is 376 Å². The number of hydrogen-bond acceptors (Lipinski definition) is 25. The SMILES string of the molecule is CCCCCCCCS(=O)(=O)N(F)C(N(F)S(=O)(=O)CCCCCCCC)(N(F)S(=O)(=O)CCCCCCCC)C(OOP(=O)(O)OOC(N(F)S(=O)(=O)CCCC)(C(N(F)S(=O)(=O)CCCC)(N(F)S(=O)(=O)CCCC)N(F)S(=O)(=O)CCCC)[N+](C)(F)S(=O)(=O)CCCC)(N(F)S(=O)(=O)CCCCCCCC)[N+](C)(F)S(=O)(=O)CCCCCCCC. The quantitative estimate of drug-likeness (QED) is 0.0112. The lowest BCUT2D eigenvalue weighted by Crippen LogP contribution is -2.89. The van der Waals surface area contributed by atoms with E-state index in [2.05, 4.69) is 19.1 Å². The molecule has 0 aliphatic rings. The Labute approximate surface area is 726 Å². The van der Waals surface area contributed by atoms with Crippen molar-refractivity contribution in [2.45, 2.75) is 349 Å². The smallest absolute Gasteiger partial charge is 0.299 e. The van der Waals surface area contributed by atoms with Crippen LogP contribution in [0.2, 0.25) is 0 Å². The molecule has 1 N–H and O–H groups in total. The average Bonchev–Trinajstić information content (AvgIpc) is 0.670. The zero-order valence-corrected chi connectivity index (χ0v) is 81.8. The summed E-state index contributed by atoms with van der Waals surface area (Å²) in [6.45, 7) is 13.6. The normalized spacial score (nSPS) is 16.5. The van der Waals surface area contributed by atoms with E-state index in [1.54, 1.807) is 34.6 Å². The van der Waals surface area contributed by atoms with E-state index in [4.69, 9.17) is 0 Å². The minimum absolute atomic E-state index is 0.0726. The molecule has 0 radical (unpaired) electrons. The molecule has 0 spiro atoms. The highest BCUT2D eigenvalue weighted by atomic mass is 32.2. The molecule has 36 nitrogen and oxygen atoms in total. The highest BCUT2D eigenvalue weighted by molar-refractivity contribution is 7.92. The van der Waals surface area contributed by atoms with Crippen LogP contribution in [0.4, 0.5) is 44.8 Å². The fraction of sp³-hybridized carbons (Fsp3) is 1.00. The molecule has 5 atom stereocenters.